The average Bonchev–Trinajstić information content (AvgIpc) is 2.22. The normalized spacial score (nSPS) is 19.9. The summed E-state index contributed by atoms with van der Waals surface area (Å²) in [5.74, 6) is 0.991. The summed E-state index contributed by atoms with van der Waals surface area (Å²) in [6, 6.07) is 4.16. The molecule has 0 amide bonds. The molecule has 3 heteroatoms. The summed E-state index contributed by atoms with van der Waals surface area (Å²) in [6.45, 7) is 6.52. The van der Waals surface area contributed by atoms with E-state index in [1.54, 1.807) is 0 Å². The van der Waals surface area contributed by atoms with Crippen LogP contribution in [0.5, 0.6) is 0 Å². The van der Waals surface area contributed by atoms with Crippen molar-refractivity contribution < 1.29 is 0 Å². The molecule has 0 bridgehead atoms. The number of nitrogens with one attached hydrogen (secondary N) is 2. The Morgan fingerprint density at radius 3 is 2.67 bits per heavy atom. The topological polar surface area (TPSA) is 37.0 Å². The van der Waals surface area contributed by atoms with Gasteiger partial charge in [-0.1, -0.05) is 6.07 Å². The Kier molecular flexibility index (Phi) is 2.91. The first kappa shape index (κ1) is 10.4. The molecule has 1 fully saturated rings. The largest absolute Gasteiger partial charge is 0.365 e. The number of aryl methyl sites for hydroxylation is 1. The van der Waals surface area contributed by atoms with Crippen molar-refractivity contribution in [1.82, 2.24) is 10.3 Å². The zero-order valence-corrected chi connectivity index (χ0v) is 9.51. The first-order valence-corrected chi connectivity index (χ1v) is 5.60. The second kappa shape index (κ2) is 4.19. The molecule has 1 saturated heterocycles. The van der Waals surface area contributed by atoms with Crippen molar-refractivity contribution in [2.75, 3.05) is 18.4 Å². The molecule has 1 aromatic heterocycles. The number of aromatic nitrogens is 1. The fraction of sp³-hybridized carbons (Fsp3) is 0.583. The molecule has 0 spiro atoms. The van der Waals surface area contributed by atoms with Crippen LogP contribution in [0.2, 0.25) is 0 Å². The van der Waals surface area contributed by atoms with Crippen molar-refractivity contribution in [1.29, 1.82) is 0 Å². The van der Waals surface area contributed by atoms with E-state index < -0.39 is 0 Å². The third kappa shape index (κ3) is 2.69. The monoisotopic (exact) mass is 205 g/mol. The van der Waals surface area contributed by atoms with Crippen LogP contribution in [0, 0.1) is 6.92 Å². The molecule has 0 saturated carbocycles. The van der Waals surface area contributed by atoms with Crippen molar-refractivity contribution in [3.05, 3.63) is 23.9 Å². The molecule has 82 valence electrons. The van der Waals surface area contributed by atoms with Gasteiger partial charge in [0.05, 0.1) is 0 Å². The second-order valence-corrected chi connectivity index (χ2v) is 4.66. The van der Waals surface area contributed by atoms with Gasteiger partial charge in [-0.3, -0.25) is 0 Å². The molecular weight excluding hydrogens is 186 g/mol. The molecule has 0 radical (unpaired) electrons. The molecule has 2 N–H and O–H groups in total. The van der Waals surface area contributed by atoms with Crippen LogP contribution >= 0.6 is 0 Å². The molecule has 1 aliphatic heterocycles. The van der Waals surface area contributed by atoms with E-state index >= 15 is 0 Å². The fourth-order valence-corrected chi connectivity index (χ4v) is 1.95. The summed E-state index contributed by atoms with van der Waals surface area (Å²) >= 11 is 0. The van der Waals surface area contributed by atoms with Gasteiger partial charge in [-0.15, -0.1) is 0 Å². The zero-order chi connectivity index (χ0) is 10.7. The Balaban J connectivity index is 2.03. The number of pyridine rings is 1. The van der Waals surface area contributed by atoms with Crippen LogP contribution in [0.15, 0.2) is 18.3 Å². The predicted octanol–water partition coefficient (Wildman–Crippen LogP) is 1.94. The van der Waals surface area contributed by atoms with Crippen molar-refractivity contribution in [2.24, 2.45) is 0 Å². The summed E-state index contributed by atoms with van der Waals surface area (Å²) in [6.07, 6.45) is 4.22. The Hall–Kier alpha value is -1.09. The molecule has 2 rings (SSSR count). The number of piperidine rings is 1. The standard InChI is InChI=1S/C12H19N3/c1-10-3-4-11(14-9-10)15-12(2)5-7-13-8-6-12/h3-4,9,13H,5-8H2,1-2H3,(H,14,15). The van der Waals surface area contributed by atoms with E-state index in [0.717, 1.165) is 31.7 Å². The Labute approximate surface area is 91.3 Å². The Morgan fingerprint density at radius 2 is 2.07 bits per heavy atom. The van der Waals surface area contributed by atoms with Gasteiger partial charge >= 0.3 is 0 Å². The number of hydrogen-bond donors (Lipinski definition) is 2. The maximum atomic E-state index is 4.39. The molecule has 0 aliphatic carbocycles. The second-order valence-electron chi connectivity index (χ2n) is 4.66. The maximum absolute atomic E-state index is 4.39. The van der Waals surface area contributed by atoms with Crippen LogP contribution in [-0.4, -0.2) is 23.6 Å². The SMILES string of the molecule is Cc1ccc(NC2(C)CCNCC2)nc1. The van der Waals surface area contributed by atoms with E-state index in [1.165, 1.54) is 5.56 Å². The lowest BCUT2D eigenvalue weighted by atomic mass is 9.90. The van der Waals surface area contributed by atoms with Gasteiger partial charge in [0.2, 0.25) is 0 Å². The van der Waals surface area contributed by atoms with Gasteiger partial charge in [0.15, 0.2) is 0 Å². The predicted molar refractivity (Wildman–Crippen MR) is 63.1 cm³/mol. The zero-order valence-electron chi connectivity index (χ0n) is 9.51. The highest BCUT2D eigenvalue weighted by Crippen LogP contribution is 2.22. The number of rotatable bonds is 2. The smallest absolute Gasteiger partial charge is 0.126 e. The Bertz CT molecular complexity index is 312. The van der Waals surface area contributed by atoms with Crippen LogP contribution in [0.3, 0.4) is 0 Å². The van der Waals surface area contributed by atoms with Crippen LogP contribution in [0.25, 0.3) is 0 Å². The minimum Gasteiger partial charge on any atom is -0.365 e. The van der Waals surface area contributed by atoms with Gasteiger partial charge in [0.1, 0.15) is 5.82 Å². The number of anilines is 1. The van der Waals surface area contributed by atoms with Gasteiger partial charge in [0, 0.05) is 11.7 Å². The molecular formula is C12H19N3. The average molecular weight is 205 g/mol. The Morgan fingerprint density at radius 1 is 1.33 bits per heavy atom. The van der Waals surface area contributed by atoms with E-state index in [0.29, 0.717) is 0 Å². The van der Waals surface area contributed by atoms with Crippen LogP contribution in [0.1, 0.15) is 25.3 Å². The lowest BCUT2D eigenvalue weighted by Crippen LogP contribution is -2.45. The first-order chi connectivity index (χ1) is 7.18. The van der Waals surface area contributed by atoms with E-state index in [4.69, 9.17) is 0 Å². The van der Waals surface area contributed by atoms with Crippen molar-refractivity contribution in [3.63, 3.8) is 0 Å². The minimum atomic E-state index is 0.202. The molecule has 0 aromatic carbocycles. The van der Waals surface area contributed by atoms with Gasteiger partial charge < -0.3 is 10.6 Å². The fourth-order valence-electron chi connectivity index (χ4n) is 1.95. The summed E-state index contributed by atoms with van der Waals surface area (Å²) in [7, 11) is 0. The summed E-state index contributed by atoms with van der Waals surface area (Å²) in [4.78, 5) is 4.39. The highest BCUT2D eigenvalue weighted by Gasteiger charge is 2.26. The maximum Gasteiger partial charge on any atom is 0.126 e. The van der Waals surface area contributed by atoms with Crippen molar-refractivity contribution in [2.45, 2.75) is 32.2 Å². The lowest BCUT2D eigenvalue weighted by Gasteiger charge is -2.35. The van der Waals surface area contributed by atoms with Crippen LogP contribution in [0.4, 0.5) is 5.82 Å². The third-order valence-corrected chi connectivity index (χ3v) is 3.05. The van der Waals surface area contributed by atoms with Gasteiger partial charge in [-0.05, 0) is 51.4 Å². The summed E-state index contributed by atoms with van der Waals surface area (Å²) in [5, 5.41) is 6.91. The molecule has 1 aromatic rings. The third-order valence-electron chi connectivity index (χ3n) is 3.05. The summed E-state index contributed by atoms with van der Waals surface area (Å²) < 4.78 is 0. The van der Waals surface area contributed by atoms with E-state index in [9.17, 15) is 0 Å². The first-order valence-electron chi connectivity index (χ1n) is 5.60. The molecule has 2 heterocycles. The number of hydrogen-bond acceptors (Lipinski definition) is 3. The minimum absolute atomic E-state index is 0.202. The van der Waals surface area contributed by atoms with E-state index in [2.05, 4.69) is 41.6 Å². The summed E-state index contributed by atoms with van der Waals surface area (Å²) in [5.41, 5.74) is 1.41. The molecule has 15 heavy (non-hydrogen) atoms. The van der Waals surface area contributed by atoms with Crippen molar-refractivity contribution >= 4 is 5.82 Å². The molecule has 3 nitrogen and oxygen atoms in total. The highest BCUT2D eigenvalue weighted by molar-refractivity contribution is 5.38. The quantitative estimate of drug-likeness (QED) is 0.775. The molecule has 0 atom stereocenters. The van der Waals surface area contributed by atoms with Crippen molar-refractivity contribution in [3.8, 4) is 0 Å². The van der Waals surface area contributed by atoms with Gasteiger partial charge in [0.25, 0.3) is 0 Å². The highest BCUT2D eigenvalue weighted by atomic mass is 15.1. The molecule has 0 unspecified atom stereocenters. The molecule has 1 aliphatic rings. The lowest BCUT2D eigenvalue weighted by molar-refractivity contribution is 0.364. The van der Waals surface area contributed by atoms with E-state index in [1.807, 2.05) is 6.20 Å². The number of nitrogens with zero attached hydrogens (tertiary/aromatic N) is 1. The van der Waals surface area contributed by atoms with E-state index in [-0.39, 0.29) is 5.54 Å². The van der Waals surface area contributed by atoms with Crippen LogP contribution < -0.4 is 10.6 Å². The van der Waals surface area contributed by atoms with Gasteiger partial charge in [-0.2, -0.15) is 0 Å². The van der Waals surface area contributed by atoms with Gasteiger partial charge in [-0.25, -0.2) is 4.98 Å². The van der Waals surface area contributed by atoms with Crippen LogP contribution in [-0.2, 0) is 0 Å².